The number of nitrogen functional groups attached to an aromatic ring is 1. The lowest BCUT2D eigenvalue weighted by atomic mass is 10.3. The fourth-order valence-electron chi connectivity index (χ4n) is 1.51. The Labute approximate surface area is 102 Å². The van der Waals surface area contributed by atoms with Crippen molar-refractivity contribution in [3.63, 3.8) is 0 Å². The number of hydrogen-bond acceptors (Lipinski definition) is 5. The van der Waals surface area contributed by atoms with Crippen molar-refractivity contribution in [1.82, 2.24) is 4.98 Å². The molecule has 88 valence electrons. The van der Waals surface area contributed by atoms with Crippen molar-refractivity contribution in [2.75, 3.05) is 37.4 Å². The molecule has 0 aromatic carbocycles. The average Bonchev–Trinajstić information content (AvgIpc) is 2.30. The maximum Gasteiger partial charge on any atom is 0.0981 e. The molecule has 1 fully saturated rings. The number of ether oxygens (including phenoxy) is 2. The molecule has 3 N–H and O–H groups in total. The number of aromatic nitrogens is 1. The number of nitrogens with zero attached hydrogens (tertiary/aromatic N) is 1. The first-order valence-corrected chi connectivity index (χ1v) is 5.89. The summed E-state index contributed by atoms with van der Waals surface area (Å²) in [6, 6.07) is 0. The molecule has 0 spiro atoms. The van der Waals surface area contributed by atoms with Gasteiger partial charge in [0.25, 0.3) is 0 Å². The van der Waals surface area contributed by atoms with Crippen molar-refractivity contribution < 1.29 is 9.47 Å². The van der Waals surface area contributed by atoms with Crippen molar-refractivity contribution in [3.05, 3.63) is 16.9 Å². The number of rotatable bonds is 3. The topological polar surface area (TPSA) is 69.4 Å². The summed E-state index contributed by atoms with van der Waals surface area (Å²) in [5.74, 6) is 0. The lowest BCUT2D eigenvalue weighted by Gasteiger charge is -2.24. The van der Waals surface area contributed by atoms with Gasteiger partial charge >= 0.3 is 0 Å². The Hall–Kier alpha value is -0.850. The number of pyridine rings is 1. The SMILES string of the molecule is Nc1cncc(Br)c1NCC1COCCO1. The van der Waals surface area contributed by atoms with Crippen LogP contribution in [0.4, 0.5) is 11.4 Å². The highest BCUT2D eigenvalue weighted by atomic mass is 79.9. The number of nitrogens with one attached hydrogen (secondary N) is 1. The number of anilines is 2. The Balaban J connectivity index is 1.93. The standard InChI is InChI=1S/C10H14BrN3O2/c11-8-4-13-5-9(12)10(8)14-3-7-6-15-1-2-16-7/h4-5,7H,1-3,6,12H2,(H,13,14). The molecular formula is C10H14BrN3O2. The predicted octanol–water partition coefficient (Wildman–Crippen LogP) is 1.25. The van der Waals surface area contributed by atoms with E-state index in [0.717, 1.165) is 10.2 Å². The first-order valence-electron chi connectivity index (χ1n) is 5.09. The van der Waals surface area contributed by atoms with Gasteiger partial charge in [-0.1, -0.05) is 0 Å². The zero-order chi connectivity index (χ0) is 11.4. The summed E-state index contributed by atoms with van der Waals surface area (Å²) in [5, 5.41) is 3.23. The van der Waals surface area contributed by atoms with Crippen molar-refractivity contribution >= 4 is 27.3 Å². The van der Waals surface area contributed by atoms with Gasteiger partial charge < -0.3 is 20.5 Å². The average molecular weight is 288 g/mol. The van der Waals surface area contributed by atoms with Crippen LogP contribution >= 0.6 is 15.9 Å². The first kappa shape index (κ1) is 11.6. The van der Waals surface area contributed by atoms with E-state index >= 15 is 0 Å². The summed E-state index contributed by atoms with van der Waals surface area (Å²) in [6.07, 6.45) is 3.40. The molecule has 2 rings (SSSR count). The third-order valence-corrected chi connectivity index (χ3v) is 2.92. The van der Waals surface area contributed by atoms with Gasteiger partial charge in [0.1, 0.15) is 0 Å². The largest absolute Gasteiger partial charge is 0.396 e. The van der Waals surface area contributed by atoms with E-state index in [2.05, 4.69) is 26.2 Å². The molecule has 0 bridgehead atoms. The van der Waals surface area contributed by atoms with E-state index in [-0.39, 0.29) is 6.10 Å². The van der Waals surface area contributed by atoms with Gasteiger partial charge in [0, 0.05) is 12.7 Å². The van der Waals surface area contributed by atoms with Crippen LogP contribution in [-0.4, -0.2) is 37.5 Å². The first-order chi connectivity index (χ1) is 7.77. The van der Waals surface area contributed by atoms with Crippen molar-refractivity contribution in [1.29, 1.82) is 0 Å². The lowest BCUT2D eigenvalue weighted by Crippen LogP contribution is -2.34. The zero-order valence-electron chi connectivity index (χ0n) is 8.78. The molecule has 5 nitrogen and oxygen atoms in total. The Morgan fingerprint density at radius 1 is 1.50 bits per heavy atom. The summed E-state index contributed by atoms with van der Waals surface area (Å²) in [4.78, 5) is 3.97. The molecule has 0 saturated carbocycles. The number of hydrogen-bond donors (Lipinski definition) is 2. The number of halogens is 1. The van der Waals surface area contributed by atoms with Crippen LogP contribution in [-0.2, 0) is 9.47 Å². The van der Waals surface area contributed by atoms with Gasteiger partial charge in [0.05, 0.1) is 48.0 Å². The number of nitrogens with two attached hydrogens (primary N) is 1. The Kier molecular flexibility index (Phi) is 3.98. The Morgan fingerprint density at radius 3 is 3.06 bits per heavy atom. The van der Waals surface area contributed by atoms with Crippen LogP contribution in [0.25, 0.3) is 0 Å². The normalized spacial score (nSPS) is 20.7. The molecule has 1 aromatic rings. The second kappa shape index (κ2) is 5.47. The molecule has 1 aliphatic rings. The van der Waals surface area contributed by atoms with E-state index in [9.17, 15) is 0 Å². The smallest absolute Gasteiger partial charge is 0.0981 e. The predicted molar refractivity (Wildman–Crippen MR) is 65.4 cm³/mol. The van der Waals surface area contributed by atoms with Gasteiger partial charge in [0.15, 0.2) is 0 Å². The van der Waals surface area contributed by atoms with E-state index in [1.54, 1.807) is 12.4 Å². The van der Waals surface area contributed by atoms with E-state index < -0.39 is 0 Å². The molecule has 1 saturated heterocycles. The van der Waals surface area contributed by atoms with Crippen LogP contribution in [0.3, 0.4) is 0 Å². The summed E-state index contributed by atoms with van der Waals surface area (Å²) in [6.45, 7) is 2.62. The lowest BCUT2D eigenvalue weighted by molar-refractivity contribution is -0.0818. The maximum absolute atomic E-state index is 5.81. The summed E-state index contributed by atoms with van der Waals surface area (Å²) >= 11 is 3.40. The molecule has 1 aromatic heterocycles. The fourth-order valence-corrected chi connectivity index (χ4v) is 1.99. The van der Waals surface area contributed by atoms with E-state index in [1.165, 1.54) is 0 Å². The molecule has 0 aliphatic carbocycles. The summed E-state index contributed by atoms with van der Waals surface area (Å²) in [5.41, 5.74) is 7.28. The van der Waals surface area contributed by atoms with Crippen molar-refractivity contribution in [3.8, 4) is 0 Å². The molecule has 6 heteroatoms. The van der Waals surface area contributed by atoms with Crippen molar-refractivity contribution in [2.45, 2.75) is 6.10 Å². The molecule has 16 heavy (non-hydrogen) atoms. The molecule has 1 unspecified atom stereocenters. The minimum Gasteiger partial charge on any atom is -0.396 e. The van der Waals surface area contributed by atoms with Crippen LogP contribution in [0.15, 0.2) is 16.9 Å². The zero-order valence-corrected chi connectivity index (χ0v) is 10.4. The van der Waals surface area contributed by atoms with E-state index in [0.29, 0.717) is 32.1 Å². The van der Waals surface area contributed by atoms with Crippen LogP contribution < -0.4 is 11.1 Å². The molecule has 1 atom stereocenters. The third kappa shape index (κ3) is 2.84. The Morgan fingerprint density at radius 2 is 2.38 bits per heavy atom. The van der Waals surface area contributed by atoms with Crippen LogP contribution in [0.1, 0.15) is 0 Å². The Bertz CT molecular complexity index is 336. The van der Waals surface area contributed by atoms with Gasteiger partial charge in [-0.3, -0.25) is 4.98 Å². The van der Waals surface area contributed by atoms with Gasteiger partial charge in [-0.25, -0.2) is 0 Å². The molecule has 2 heterocycles. The molecule has 1 aliphatic heterocycles. The fraction of sp³-hybridized carbons (Fsp3) is 0.500. The molecule has 0 radical (unpaired) electrons. The van der Waals surface area contributed by atoms with Gasteiger partial charge in [-0.05, 0) is 15.9 Å². The highest BCUT2D eigenvalue weighted by Gasteiger charge is 2.15. The van der Waals surface area contributed by atoms with Crippen molar-refractivity contribution in [2.24, 2.45) is 0 Å². The van der Waals surface area contributed by atoms with E-state index in [4.69, 9.17) is 15.2 Å². The van der Waals surface area contributed by atoms with Crippen LogP contribution in [0.5, 0.6) is 0 Å². The third-order valence-electron chi connectivity index (χ3n) is 2.32. The minimum absolute atomic E-state index is 0.0771. The molecular weight excluding hydrogens is 274 g/mol. The van der Waals surface area contributed by atoms with E-state index in [1.807, 2.05) is 0 Å². The monoisotopic (exact) mass is 287 g/mol. The molecule has 0 amide bonds. The quantitative estimate of drug-likeness (QED) is 0.876. The second-order valence-electron chi connectivity index (χ2n) is 3.53. The van der Waals surface area contributed by atoms with Gasteiger partial charge in [0.2, 0.25) is 0 Å². The van der Waals surface area contributed by atoms with Gasteiger partial charge in [-0.2, -0.15) is 0 Å². The highest BCUT2D eigenvalue weighted by molar-refractivity contribution is 9.10. The second-order valence-corrected chi connectivity index (χ2v) is 4.39. The van der Waals surface area contributed by atoms with Crippen LogP contribution in [0.2, 0.25) is 0 Å². The van der Waals surface area contributed by atoms with Crippen LogP contribution in [0, 0.1) is 0 Å². The summed E-state index contributed by atoms with van der Waals surface area (Å²) in [7, 11) is 0. The van der Waals surface area contributed by atoms with Gasteiger partial charge in [-0.15, -0.1) is 0 Å². The maximum atomic E-state index is 5.81. The summed E-state index contributed by atoms with van der Waals surface area (Å²) < 4.78 is 11.7. The highest BCUT2D eigenvalue weighted by Crippen LogP contribution is 2.26. The minimum atomic E-state index is 0.0771.